The maximum absolute atomic E-state index is 11.4. The standard InChI is InChI=1S/C10H11NO6/c1-6(12)17-5-7(10(15)16-2)11-8(13)3-4-9(11)14/h3-4,7H,5H2,1-2H3. The predicted molar refractivity (Wildman–Crippen MR) is 53.4 cm³/mol. The van der Waals surface area contributed by atoms with Gasteiger partial charge in [0.25, 0.3) is 11.8 Å². The molecule has 0 aromatic carbocycles. The van der Waals surface area contributed by atoms with Crippen molar-refractivity contribution in [3.8, 4) is 0 Å². The van der Waals surface area contributed by atoms with E-state index in [9.17, 15) is 19.2 Å². The van der Waals surface area contributed by atoms with Crippen LogP contribution in [-0.2, 0) is 28.7 Å². The Labute approximate surface area is 97.0 Å². The topological polar surface area (TPSA) is 90.0 Å². The van der Waals surface area contributed by atoms with Gasteiger partial charge < -0.3 is 9.47 Å². The highest BCUT2D eigenvalue weighted by Crippen LogP contribution is 2.11. The van der Waals surface area contributed by atoms with E-state index in [1.807, 2.05) is 0 Å². The van der Waals surface area contributed by atoms with Crippen molar-refractivity contribution in [3.63, 3.8) is 0 Å². The van der Waals surface area contributed by atoms with E-state index < -0.39 is 36.4 Å². The number of hydrogen-bond acceptors (Lipinski definition) is 6. The normalized spacial score (nSPS) is 16.0. The van der Waals surface area contributed by atoms with E-state index in [2.05, 4.69) is 9.47 Å². The minimum absolute atomic E-state index is 0.416. The Morgan fingerprint density at radius 3 is 2.24 bits per heavy atom. The summed E-state index contributed by atoms with van der Waals surface area (Å²) in [5.74, 6) is -2.72. The predicted octanol–water partition coefficient (Wildman–Crippen LogP) is -0.984. The second-order valence-corrected chi connectivity index (χ2v) is 3.22. The highest BCUT2D eigenvalue weighted by molar-refractivity contribution is 6.14. The van der Waals surface area contributed by atoms with Gasteiger partial charge >= 0.3 is 11.9 Å². The molecule has 92 valence electrons. The van der Waals surface area contributed by atoms with E-state index in [-0.39, 0.29) is 0 Å². The number of ether oxygens (including phenoxy) is 2. The van der Waals surface area contributed by atoms with Crippen LogP contribution in [0.15, 0.2) is 12.2 Å². The molecule has 1 aliphatic heterocycles. The Kier molecular flexibility index (Phi) is 3.97. The highest BCUT2D eigenvalue weighted by atomic mass is 16.5. The largest absolute Gasteiger partial charge is 0.467 e. The molecular weight excluding hydrogens is 230 g/mol. The van der Waals surface area contributed by atoms with Crippen LogP contribution in [0.1, 0.15) is 6.92 Å². The molecule has 0 aromatic rings. The third kappa shape index (κ3) is 2.90. The average molecular weight is 241 g/mol. The lowest BCUT2D eigenvalue weighted by atomic mass is 10.2. The van der Waals surface area contributed by atoms with Crippen LogP contribution in [0, 0.1) is 0 Å². The number of carbonyl (C=O) groups excluding carboxylic acids is 4. The van der Waals surface area contributed by atoms with Gasteiger partial charge in [-0.3, -0.25) is 19.3 Å². The minimum Gasteiger partial charge on any atom is -0.467 e. The second-order valence-electron chi connectivity index (χ2n) is 3.22. The number of amides is 2. The number of rotatable bonds is 4. The summed E-state index contributed by atoms with van der Waals surface area (Å²) in [6.45, 7) is 0.737. The van der Waals surface area contributed by atoms with Gasteiger partial charge in [-0.1, -0.05) is 0 Å². The van der Waals surface area contributed by atoms with Gasteiger partial charge in [-0.15, -0.1) is 0 Å². The van der Waals surface area contributed by atoms with Gasteiger partial charge in [0.1, 0.15) is 6.61 Å². The molecule has 0 aromatic heterocycles. The molecule has 1 atom stereocenters. The van der Waals surface area contributed by atoms with Crippen molar-refractivity contribution in [2.45, 2.75) is 13.0 Å². The first-order chi connectivity index (χ1) is 7.97. The molecule has 7 heteroatoms. The van der Waals surface area contributed by atoms with Crippen molar-refractivity contribution in [2.24, 2.45) is 0 Å². The third-order valence-corrected chi connectivity index (χ3v) is 2.07. The van der Waals surface area contributed by atoms with Gasteiger partial charge in [0.2, 0.25) is 0 Å². The Morgan fingerprint density at radius 2 is 1.82 bits per heavy atom. The maximum Gasteiger partial charge on any atom is 0.332 e. The zero-order chi connectivity index (χ0) is 13.0. The van der Waals surface area contributed by atoms with Crippen molar-refractivity contribution in [3.05, 3.63) is 12.2 Å². The molecule has 0 N–H and O–H groups in total. The van der Waals surface area contributed by atoms with E-state index >= 15 is 0 Å². The van der Waals surface area contributed by atoms with Gasteiger partial charge in [0.05, 0.1) is 7.11 Å². The minimum atomic E-state index is -1.25. The van der Waals surface area contributed by atoms with Crippen LogP contribution in [0.2, 0.25) is 0 Å². The summed E-state index contributed by atoms with van der Waals surface area (Å²) in [6.07, 6.45) is 2.07. The molecule has 0 bridgehead atoms. The van der Waals surface area contributed by atoms with Crippen molar-refractivity contribution < 1.29 is 28.7 Å². The molecule has 7 nitrogen and oxygen atoms in total. The second kappa shape index (κ2) is 5.24. The molecule has 0 spiro atoms. The number of esters is 2. The summed E-state index contributed by atoms with van der Waals surface area (Å²) in [4.78, 5) is 45.5. The van der Waals surface area contributed by atoms with E-state index in [0.717, 1.165) is 26.2 Å². The van der Waals surface area contributed by atoms with Gasteiger partial charge in [0.15, 0.2) is 6.04 Å². The van der Waals surface area contributed by atoms with E-state index in [1.54, 1.807) is 0 Å². The molecule has 1 rings (SSSR count). The SMILES string of the molecule is COC(=O)C(COC(C)=O)N1C(=O)C=CC1=O. The molecule has 0 saturated carbocycles. The van der Waals surface area contributed by atoms with Gasteiger partial charge in [-0.25, -0.2) is 4.79 Å². The monoisotopic (exact) mass is 241 g/mol. The molecule has 1 aliphatic rings. The fourth-order valence-electron chi connectivity index (χ4n) is 1.30. The maximum atomic E-state index is 11.4. The quantitative estimate of drug-likeness (QED) is 0.464. The molecule has 2 amide bonds. The Balaban J connectivity index is 2.83. The molecule has 1 unspecified atom stereocenters. The number of nitrogens with zero attached hydrogens (tertiary/aromatic N) is 1. The number of methoxy groups -OCH3 is 1. The molecule has 1 heterocycles. The van der Waals surface area contributed by atoms with E-state index in [4.69, 9.17) is 0 Å². The van der Waals surface area contributed by atoms with Gasteiger partial charge in [-0.05, 0) is 0 Å². The van der Waals surface area contributed by atoms with Crippen LogP contribution in [0.5, 0.6) is 0 Å². The van der Waals surface area contributed by atoms with E-state index in [1.165, 1.54) is 0 Å². The first-order valence-corrected chi connectivity index (χ1v) is 4.73. The van der Waals surface area contributed by atoms with Crippen LogP contribution in [-0.4, -0.2) is 48.4 Å². The number of hydrogen-bond donors (Lipinski definition) is 0. The lowest BCUT2D eigenvalue weighted by molar-refractivity contribution is -0.161. The molecule has 0 radical (unpaired) electrons. The van der Waals surface area contributed by atoms with Crippen molar-refractivity contribution in [2.75, 3.05) is 13.7 Å². The summed E-state index contributed by atoms with van der Waals surface area (Å²) in [5.41, 5.74) is 0. The van der Waals surface area contributed by atoms with Crippen molar-refractivity contribution in [1.82, 2.24) is 4.90 Å². The van der Waals surface area contributed by atoms with E-state index in [0.29, 0.717) is 4.90 Å². The Bertz CT molecular complexity index is 382. The lowest BCUT2D eigenvalue weighted by Crippen LogP contribution is -2.48. The van der Waals surface area contributed by atoms with Crippen molar-refractivity contribution >= 4 is 23.8 Å². The first kappa shape index (κ1) is 12.9. The average Bonchev–Trinajstić information content (AvgIpc) is 2.60. The Hall–Kier alpha value is -2.18. The number of carbonyl (C=O) groups is 4. The van der Waals surface area contributed by atoms with Crippen LogP contribution >= 0.6 is 0 Å². The van der Waals surface area contributed by atoms with Crippen molar-refractivity contribution in [1.29, 1.82) is 0 Å². The fourth-order valence-corrected chi connectivity index (χ4v) is 1.30. The summed E-state index contributed by atoms with van der Waals surface area (Å²) in [6, 6.07) is -1.25. The van der Waals surface area contributed by atoms with Crippen LogP contribution in [0.4, 0.5) is 0 Å². The van der Waals surface area contributed by atoms with Crippen LogP contribution in [0.25, 0.3) is 0 Å². The number of imide groups is 1. The summed E-state index contributed by atoms with van der Waals surface area (Å²) < 4.78 is 9.07. The first-order valence-electron chi connectivity index (χ1n) is 4.73. The highest BCUT2D eigenvalue weighted by Gasteiger charge is 2.37. The summed E-state index contributed by atoms with van der Waals surface area (Å²) >= 11 is 0. The summed E-state index contributed by atoms with van der Waals surface area (Å²) in [7, 11) is 1.11. The smallest absolute Gasteiger partial charge is 0.332 e. The van der Waals surface area contributed by atoms with Crippen LogP contribution < -0.4 is 0 Å². The molecule has 0 aliphatic carbocycles. The zero-order valence-corrected chi connectivity index (χ0v) is 9.34. The molecule has 0 saturated heterocycles. The van der Waals surface area contributed by atoms with Gasteiger partial charge in [-0.2, -0.15) is 0 Å². The molecule has 0 fully saturated rings. The van der Waals surface area contributed by atoms with Gasteiger partial charge in [0, 0.05) is 19.1 Å². The lowest BCUT2D eigenvalue weighted by Gasteiger charge is -2.23. The molecular formula is C10H11NO6. The fraction of sp³-hybridized carbons (Fsp3) is 0.400. The third-order valence-electron chi connectivity index (χ3n) is 2.07. The summed E-state index contributed by atoms with van der Waals surface area (Å²) in [5, 5.41) is 0. The van der Waals surface area contributed by atoms with Crippen LogP contribution in [0.3, 0.4) is 0 Å². The Morgan fingerprint density at radius 1 is 1.29 bits per heavy atom. The molecule has 17 heavy (non-hydrogen) atoms. The zero-order valence-electron chi connectivity index (χ0n) is 9.34.